The first-order valence-corrected chi connectivity index (χ1v) is 7.43. The van der Waals surface area contributed by atoms with Crippen molar-refractivity contribution < 1.29 is 5.11 Å². The Labute approximate surface area is 128 Å². The highest BCUT2D eigenvalue weighted by atomic mass is 35.5. The van der Waals surface area contributed by atoms with Crippen molar-refractivity contribution in [3.63, 3.8) is 0 Å². The normalized spacial score (nSPS) is 11.2. The maximum absolute atomic E-state index is 10.2. The SMILES string of the molecule is CCCn1c(-c2ccc(Cl)cc2O)nc2cc(C)ccc21. The lowest BCUT2D eigenvalue weighted by atomic mass is 10.2. The van der Waals surface area contributed by atoms with Crippen LogP contribution in [-0.4, -0.2) is 14.7 Å². The lowest BCUT2D eigenvalue weighted by molar-refractivity contribution is 0.476. The van der Waals surface area contributed by atoms with E-state index < -0.39 is 0 Å². The highest BCUT2D eigenvalue weighted by molar-refractivity contribution is 6.30. The average Bonchev–Trinajstić information content (AvgIpc) is 2.77. The summed E-state index contributed by atoms with van der Waals surface area (Å²) < 4.78 is 2.15. The van der Waals surface area contributed by atoms with Gasteiger partial charge >= 0.3 is 0 Å². The number of aromatic hydroxyl groups is 1. The number of aryl methyl sites for hydroxylation is 2. The van der Waals surface area contributed by atoms with Crippen molar-refractivity contribution in [1.82, 2.24) is 9.55 Å². The Morgan fingerprint density at radius 1 is 1.19 bits per heavy atom. The molecule has 0 fully saturated rings. The molecular weight excluding hydrogens is 284 g/mol. The van der Waals surface area contributed by atoms with Crippen LogP contribution >= 0.6 is 11.6 Å². The van der Waals surface area contributed by atoms with Crippen LogP contribution in [0.2, 0.25) is 5.02 Å². The molecule has 0 aliphatic rings. The third-order valence-corrected chi connectivity index (χ3v) is 3.79. The molecule has 0 aliphatic carbocycles. The third-order valence-electron chi connectivity index (χ3n) is 3.55. The van der Waals surface area contributed by atoms with Crippen LogP contribution in [0.25, 0.3) is 22.4 Å². The van der Waals surface area contributed by atoms with Gasteiger partial charge in [-0.1, -0.05) is 24.6 Å². The van der Waals surface area contributed by atoms with Gasteiger partial charge in [0.2, 0.25) is 0 Å². The van der Waals surface area contributed by atoms with E-state index in [2.05, 4.69) is 36.6 Å². The lowest BCUT2D eigenvalue weighted by Gasteiger charge is -2.09. The molecule has 0 bridgehead atoms. The Hall–Kier alpha value is -2.00. The summed E-state index contributed by atoms with van der Waals surface area (Å²) in [6, 6.07) is 11.4. The monoisotopic (exact) mass is 300 g/mol. The van der Waals surface area contributed by atoms with Crippen molar-refractivity contribution >= 4 is 22.6 Å². The van der Waals surface area contributed by atoms with Crippen molar-refractivity contribution in [2.45, 2.75) is 26.8 Å². The molecule has 0 aliphatic heterocycles. The number of benzene rings is 2. The molecule has 108 valence electrons. The quantitative estimate of drug-likeness (QED) is 0.756. The molecular formula is C17H17ClN2O. The zero-order valence-corrected chi connectivity index (χ0v) is 12.9. The molecule has 1 aromatic heterocycles. The number of aromatic nitrogens is 2. The second-order valence-electron chi connectivity index (χ2n) is 5.24. The number of nitrogens with zero attached hydrogens (tertiary/aromatic N) is 2. The van der Waals surface area contributed by atoms with E-state index >= 15 is 0 Å². The topological polar surface area (TPSA) is 38.0 Å². The summed E-state index contributed by atoms with van der Waals surface area (Å²) in [6.45, 7) is 5.04. The van der Waals surface area contributed by atoms with E-state index in [1.807, 2.05) is 6.07 Å². The minimum Gasteiger partial charge on any atom is -0.507 e. The van der Waals surface area contributed by atoms with Crippen molar-refractivity contribution in [3.8, 4) is 17.1 Å². The average molecular weight is 301 g/mol. The van der Waals surface area contributed by atoms with E-state index in [4.69, 9.17) is 16.6 Å². The number of hydrogen-bond donors (Lipinski definition) is 1. The molecule has 0 saturated carbocycles. The van der Waals surface area contributed by atoms with Crippen LogP contribution in [0.4, 0.5) is 0 Å². The van der Waals surface area contributed by atoms with Crippen LogP contribution in [0, 0.1) is 6.92 Å². The summed E-state index contributed by atoms with van der Waals surface area (Å²) in [7, 11) is 0. The number of hydrogen-bond acceptors (Lipinski definition) is 2. The van der Waals surface area contributed by atoms with Gasteiger partial charge in [0.05, 0.1) is 16.6 Å². The van der Waals surface area contributed by atoms with E-state index in [1.54, 1.807) is 12.1 Å². The van der Waals surface area contributed by atoms with Crippen LogP contribution in [0.3, 0.4) is 0 Å². The summed E-state index contributed by atoms with van der Waals surface area (Å²) in [5.74, 6) is 0.943. The Balaban J connectivity index is 2.27. The molecule has 0 saturated heterocycles. The zero-order valence-electron chi connectivity index (χ0n) is 12.1. The maximum Gasteiger partial charge on any atom is 0.144 e. The standard InChI is InChI=1S/C17H17ClN2O/c1-3-8-20-15-7-4-11(2)9-14(15)19-17(20)13-6-5-12(18)10-16(13)21/h4-7,9-10,21H,3,8H2,1-2H3. The highest BCUT2D eigenvalue weighted by Gasteiger charge is 2.15. The third kappa shape index (κ3) is 2.49. The van der Waals surface area contributed by atoms with E-state index in [0.717, 1.165) is 29.8 Å². The Kier molecular flexibility index (Phi) is 3.60. The van der Waals surface area contributed by atoms with Gasteiger partial charge in [0.1, 0.15) is 11.6 Å². The Morgan fingerprint density at radius 2 is 2.00 bits per heavy atom. The minimum absolute atomic E-state index is 0.159. The second-order valence-corrected chi connectivity index (χ2v) is 5.68. The van der Waals surface area contributed by atoms with Crippen LogP contribution < -0.4 is 0 Å². The summed E-state index contributed by atoms with van der Waals surface area (Å²) in [5, 5.41) is 10.7. The van der Waals surface area contributed by atoms with Gasteiger partial charge in [0, 0.05) is 11.6 Å². The fourth-order valence-electron chi connectivity index (χ4n) is 2.59. The number of rotatable bonds is 3. The molecule has 3 nitrogen and oxygen atoms in total. The smallest absolute Gasteiger partial charge is 0.144 e. The Morgan fingerprint density at radius 3 is 2.71 bits per heavy atom. The van der Waals surface area contributed by atoms with Crippen LogP contribution in [0.1, 0.15) is 18.9 Å². The largest absolute Gasteiger partial charge is 0.507 e. The lowest BCUT2D eigenvalue weighted by Crippen LogP contribution is -1.99. The van der Waals surface area contributed by atoms with Gasteiger partial charge in [-0.2, -0.15) is 0 Å². The molecule has 1 heterocycles. The Bertz CT molecular complexity index is 808. The number of halogens is 1. The van der Waals surface area contributed by atoms with Crippen molar-refractivity contribution in [2.24, 2.45) is 0 Å². The maximum atomic E-state index is 10.2. The minimum atomic E-state index is 0.159. The summed E-state index contributed by atoms with van der Waals surface area (Å²) >= 11 is 5.92. The molecule has 2 aromatic carbocycles. The predicted molar refractivity (Wildman–Crippen MR) is 86.9 cm³/mol. The van der Waals surface area contributed by atoms with Gasteiger partial charge in [-0.05, 0) is 49.2 Å². The molecule has 0 unspecified atom stereocenters. The first-order valence-electron chi connectivity index (χ1n) is 7.06. The van der Waals surface area contributed by atoms with Crippen LogP contribution in [0.5, 0.6) is 5.75 Å². The molecule has 3 aromatic rings. The van der Waals surface area contributed by atoms with E-state index in [-0.39, 0.29) is 5.75 Å². The van der Waals surface area contributed by atoms with E-state index in [9.17, 15) is 5.11 Å². The zero-order chi connectivity index (χ0) is 15.0. The number of phenolic OH excluding ortho intramolecular Hbond substituents is 1. The first-order chi connectivity index (χ1) is 10.1. The van der Waals surface area contributed by atoms with Gasteiger partial charge in [-0.25, -0.2) is 4.98 Å². The molecule has 0 radical (unpaired) electrons. The van der Waals surface area contributed by atoms with Crippen molar-refractivity contribution in [2.75, 3.05) is 0 Å². The van der Waals surface area contributed by atoms with Crippen LogP contribution in [0.15, 0.2) is 36.4 Å². The first kappa shape index (κ1) is 14.0. The number of imidazole rings is 1. The van der Waals surface area contributed by atoms with Gasteiger partial charge in [0.25, 0.3) is 0 Å². The number of fused-ring (bicyclic) bond motifs is 1. The molecule has 0 atom stereocenters. The van der Waals surface area contributed by atoms with Crippen molar-refractivity contribution in [1.29, 1.82) is 0 Å². The molecule has 21 heavy (non-hydrogen) atoms. The van der Waals surface area contributed by atoms with Gasteiger partial charge in [-0.3, -0.25) is 0 Å². The fraction of sp³-hybridized carbons (Fsp3) is 0.235. The fourth-order valence-corrected chi connectivity index (χ4v) is 2.76. The molecule has 3 rings (SSSR count). The van der Waals surface area contributed by atoms with Gasteiger partial charge in [-0.15, -0.1) is 0 Å². The molecule has 4 heteroatoms. The van der Waals surface area contributed by atoms with Gasteiger partial charge in [0.15, 0.2) is 0 Å². The van der Waals surface area contributed by atoms with E-state index in [1.165, 1.54) is 5.56 Å². The molecule has 0 amide bonds. The molecule has 0 spiro atoms. The summed E-state index contributed by atoms with van der Waals surface area (Å²) in [4.78, 5) is 4.71. The van der Waals surface area contributed by atoms with E-state index in [0.29, 0.717) is 10.6 Å². The molecule has 1 N–H and O–H groups in total. The predicted octanol–water partition coefficient (Wildman–Crippen LogP) is 4.78. The van der Waals surface area contributed by atoms with Crippen LogP contribution in [-0.2, 0) is 6.54 Å². The highest BCUT2D eigenvalue weighted by Crippen LogP contribution is 2.33. The second kappa shape index (κ2) is 5.41. The summed E-state index contributed by atoms with van der Waals surface area (Å²) in [5.41, 5.74) is 3.93. The number of phenols is 1. The van der Waals surface area contributed by atoms with Gasteiger partial charge < -0.3 is 9.67 Å². The summed E-state index contributed by atoms with van der Waals surface area (Å²) in [6.07, 6.45) is 1.00. The van der Waals surface area contributed by atoms with Crippen molar-refractivity contribution in [3.05, 3.63) is 47.0 Å².